The lowest BCUT2D eigenvalue weighted by atomic mass is 9.90. The molecule has 10 heteroatoms. The Bertz CT molecular complexity index is 1000. The number of hydrogen-bond acceptors (Lipinski definition) is 5. The van der Waals surface area contributed by atoms with Crippen LogP contribution in [0.15, 0.2) is 18.3 Å². The number of fused-ring (bicyclic) bond motifs is 1. The van der Waals surface area contributed by atoms with E-state index < -0.39 is 41.1 Å². The van der Waals surface area contributed by atoms with E-state index >= 15 is 0 Å². The molecule has 3 atom stereocenters. The third kappa shape index (κ3) is 3.72. The van der Waals surface area contributed by atoms with Crippen LogP contribution in [-0.4, -0.2) is 55.7 Å². The standard InChI is InChI=1S/C21H25F3N4O3/c1-11-8-28-16(15(7-25-28)27-10-21(2,3)19(30)20(27)31)9-26(11)17(29)6-12-4-13(22)18(24)14(23)5-12/h4-5,7,11,17,19,29-30H,6,8-10H2,1-3H3/t11-,17-,19?/m0/s1. The highest BCUT2D eigenvalue weighted by molar-refractivity contribution is 6.00. The van der Waals surface area contributed by atoms with Gasteiger partial charge in [0.15, 0.2) is 17.5 Å². The number of carbonyl (C=O) groups excluding carboxylic acids is 1. The normalized spacial score (nSPS) is 24.5. The number of aromatic nitrogens is 2. The van der Waals surface area contributed by atoms with Gasteiger partial charge in [0.05, 0.1) is 24.1 Å². The van der Waals surface area contributed by atoms with Gasteiger partial charge in [-0.25, -0.2) is 13.2 Å². The van der Waals surface area contributed by atoms with Crippen LogP contribution in [0.2, 0.25) is 0 Å². The molecule has 1 fully saturated rings. The molecule has 2 N–H and O–H groups in total. The number of nitrogens with zero attached hydrogens (tertiary/aromatic N) is 4. The lowest BCUT2D eigenvalue weighted by Crippen LogP contribution is -2.48. The summed E-state index contributed by atoms with van der Waals surface area (Å²) < 4.78 is 42.1. The average molecular weight is 438 g/mol. The lowest BCUT2D eigenvalue weighted by molar-refractivity contribution is -0.126. The number of rotatable bonds is 4. The van der Waals surface area contributed by atoms with Gasteiger partial charge in [0, 0.05) is 31.0 Å². The Labute approximate surface area is 177 Å². The largest absolute Gasteiger partial charge is 0.383 e. The number of amides is 1. The van der Waals surface area contributed by atoms with Gasteiger partial charge >= 0.3 is 0 Å². The summed E-state index contributed by atoms with van der Waals surface area (Å²) in [6, 6.07) is 1.60. The van der Waals surface area contributed by atoms with Gasteiger partial charge in [0.1, 0.15) is 12.3 Å². The van der Waals surface area contributed by atoms with Crippen molar-refractivity contribution < 1.29 is 28.2 Å². The minimum atomic E-state index is -1.54. The number of aliphatic hydroxyl groups excluding tert-OH is 2. The molecular formula is C21H25F3N4O3. The van der Waals surface area contributed by atoms with Gasteiger partial charge in [-0.3, -0.25) is 14.4 Å². The predicted molar refractivity (Wildman–Crippen MR) is 105 cm³/mol. The van der Waals surface area contributed by atoms with E-state index in [0.717, 1.165) is 12.1 Å². The molecule has 1 saturated heterocycles. The van der Waals surface area contributed by atoms with Crippen LogP contribution in [-0.2, 0) is 24.3 Å². The Balaban J connectivity index is 1.57. The smallest absolute Gasteiger partial charge is 0.256 e. The first-order valence-electron chi connectivity index (χ1n) is 10.1. The van der Waals surface area contributed by atoms with Crippen LogP contribution in [0.3, 0.4) is 0 Å². The Kier molecular flexibility index (Phi) is 5.35. The maximum Gasteiger partial charge on any atom is 0.256 e. The molecule has 0 bridgehead atoms. The fraction of sp³-hybridized carbons (Fsp3) is 0.524. The quantitative estimate of drug-likeness (QED) is 0.712. The summed E-state index contributed by atoms with van der Waals surface area (Å²) in [5, 5.41) is 25.4. The first-order valence-corrected chi connectivity index (χ1v) is 10.1. The lowest BCUT2D eigenvalue weighted by Gasteiger charge is -2.38. The topological polar surface area (TPSA) is 81.8 Å². The minimum Gasteiger partial charge on any atom is -0.383 e. The van der Waals surface area contributed by atoms with Crippen LogP contribution in [0, 0.1) is 22.9 Å². The Morgan fingerprint density at radius 2 is 1.90 bits per heavy atom. The molecule has 2 aromatic rings. The summed E-state index contributed by atoms with van der Waals surface area (Å²) >= 11 is 0. The molecule has 2 aliphatic heterocycles. The molecule has 2 aliphatic rings. The van der Waals surface area contributed by atoms with Crippen LogP contribution in [0.1, 0.15) is 32.0 Å². The van der Waals surface area contributed by atoms with Crippen molar-refractivity contribution in [3.8, 4) is 0 Å². The van der Waals surface area contributed by atoms with Crippen LogP contribution in [0.4, 0.5) is 18.9 Å². The van der Waals surface area contributed by atoms with Crippen molar-refractivity contribution in [1.82, 2.24) is 14.7 Å². The van der Waals surface area contributed by atoms with Crippen LogP contribution >= 0.6 is 0 Å². The van der Waals surface area contributed by atoms with Crippen LogP contribution in [0.25, 0.3) is 0 Å². The number of hydrogen-bond donors (Lipinski definition) is 2. The van der Waals surface area contributed by atoms with Crippen LogP contribution in [0.5, 0.6) is 0 Å². The van der Waals surface area contributed by atoms with Crippen molar-refractivity contribution in [2.75, 3.05) is 11.4 Å². The summed E-state index contributed by atoms with van der Waals surface area (Å²) in [4.78, 5) is 15.8. The molecule has 1 aromatic heterocycles. The van der Waals surface area contributed by atoms with Crippen LogP contribution < -0.4 is 4.90 Å². The first kappa shape index (κ1) is 21.8. The number of anilines is 1. The molecule has 7 nitrogen and oxygen atoms in total. The monoisotopic (exact) mass is 438 g/mol. The zero-order chi connectivity index (χ0) is 22.7. The van der Waals surface area contributed by atoms with Crippen molar-refractivity contribution >= 4 is 11.6 Å². The third-order valence-electron chi connectivity index (χ3n) is 6.20. The molecule has 0 aliphatic carbocycles. The van der Waals surface area contributed by atoms with E-state index in [-0.39, 0.29) is 24.6 Å². The van der Waals surface area contributed by atoms with E-state index in [4.69, 9.17) is 0 Å². The van der Waals surface area contributed by atoms with E-state index in [2.05, 4.69) is 5.10 Å². The van der Waals surface area contributed by atoms with Gasteiger partial charge in [-0.2, -0.15) is 5.10 Å². The molecular weight excluding hydrogens is 413 g/mol. The van der Waals surface area contributed by atoms with Crippen molar-refractivity contribution in [3.63, 3.8) is 0 Å². The molecule has 0 saturated carbocycles. The van der Waals surface area contributed by atoms with Crippen molar-refractivity contribution in [2.45, 2.75) is 58.7 Å². The zero-order valence-corrected chi connectivity index (χ0v) is 17.5. The Hall–Kier alpha value is -2.43. The Morgan fingerprint density at radius 3 is 2.48 bits per heavy atom. The second-order valence-electron chi connectivity index (χ2n) is 9.05. The molecule has 1 amide bonds. The predicted octanol–water partition coefficient (Wildman–Crippen LogP) is 1.80. The molecule has 0 spiro atoms. The van der Waals surface area contributed by atoms with E-state index in [9.17, 15) is 28.2 Å². The van der Waals surface area contributed by atoms with E-state index in [0.29, 0.717) is 24.5 Å². The van der Waals surface area contributed by atoms with Gasteiger partial charge < -0.3 is 15.1 Å². The van der Waals surface area contributed by atoms with E-state index in [1.807, 2.05) is 20.8 Å². The average Bonchev–Trinajstić information content (AvgIpc) is 3.18. The molecule has 1 unspecified atom stereocenters. The van der Waals surface area contributed by atoms with Gasteiger partial charge in [-0.05, 0) is 24.6 Å². The Morgan fingerprint density at radius 1 is 1.26 bits per heavy atom. The number of benzene rings is 1. The fourth-order valence-corrected chi connectivity index (χ4v) is 4.34. The molecule has 31 heavy (non-hydrogen) atoms. The van der Waals surface area contributed by atoms with Crippen molar-refractivity contribution in [2.24, 2.45) is 5.41 Å². The molecule has 3 heterocycles. The summed E-state index contributed by atoms with van der Waals surface area (Å²) in [5.74, 6) is -4.55. The second-order valence-corrected chi connectivity index (χ2v) is 9.05. The van der Waals surface area contributed by atoms with E-state index in [1.165, 1.54) is 4.90 Å². The van der Waals surface area contributed by atoms with Crippen molar-refractivity contribution in [1.29, 1.82) is 0 Å². The minimum absolute atomic E-state index is 0.101. The van der Waals surface area contributed by atoms with Gasteiger partial charge in [0.25, 0.3) is 5.91 Å². The second kappa shape index (κ2) is 7.61. The number of halogens is 3. The first-order chi connectivity index (χ1) is 14.5. The highest BCUT2D eigenvalue weighted by Gasteiger charge is 2.47. The summed E-state index contributed by atoms with van der Waals surface area (Å²) in [6.45, 7) is 6.51. The summed E-state index contributed by atoms with van der Waals surface area (Å²) in [5.41, 5.74) is 0.795. The maximum absolute atomic E-state index is 13.5. The van der Waals surface area contributed by atoms with Gasteiger partial charge in [0.2, 0.25) is 0 Å². The van der Waals surface area contributed by atoms with E-state index in [1.54, 1.807) is 15.8 Å². The van der Waals surface area contributed by atoms with Gasteiger partial charge in [-0.15, -0.1) is 0 Å². The van der Waals surface area contributed by atoms with Crippen molar-refractivity contribution in [3.05, 3.63) is 47.0 Å². The summed E-state index contributed by atoms with van der Waals surface area (Å²) in [6.07, 6.45) is -0.729. The summed E-state index contributed by atoms with van der Waals surface area (Å²) in [7, 11) is 0. The molecule has 1 aromatic carbocycles. The highest BCUT2D eigenvalue weighted by atomic mass is 19.2. The maximum atomic E-state index is 13.5. The highest BCUT2D eigenvalue weighted by Crippen LogP contribution is 2.37. The third-order valence-corrected chi connectivity index (χ3v) is 6.20. The molecule has 4 rings (SSSR count). The number of aliphatic hydroxyl groups is 2. The number of carbonyl (C=O) groups is 1. The zero-order valence-electron chi connectivity index (χ0n) is 17.5. The SMILES string of the molecule is C[C@H]1Cn2ncc(N3CC(C)(C)C(O)C3=O)c2CN1[C@@H](O)Cc1cc(F)c(F)c(F)c1. The fourth-order valence-electron chi connectivity index (χ4n) is 4.34. The molecule has 0 radical (unpaired) electrons. The van der Waals surface area contributed by atoms with Gasteiger partial charge in [-0.1, -0.05) is 13.8 Å². The molecule has 168 valence electrons.